The molecule has 0 aliphatic carbocycles. The third-order valence-corrected chi connectivity index (χ3v) is 2.93. The highest BCUT2D eigenvalue weighted by Gasteiger charge is 2.05. The number of hydrogen-bond acceptors (Lipinski definition) is 3. The molecular weight excluding hydrogens is 212 g/mol. The highest BCUT2D eigenvalue weighted by atomic mass is 15.2. The number of anilines is 2. The van der Waals surface area contributed by atoms with Gasteiger partial charge in [0.15, 0.2) is 0 Å². The topological polar surface area (TPSA) is 66.7 Å². The van der Waals surface area contributed by atoms with Crippen LogP contribution < -0.4 is 11.1 Å². The number of rotatable bonds is 5. The number of aromatic nitrogens is 2. The molecule has 0 fully saturated rings. The monoisotopic (exact) mass is 230 g/mol. The number of nitrogens with two attached hydrogens (primary N) is 1. The summed E-state index contributed by atoms with van der Waals surface area (Å²) < 4.78 is 0. The molecule has 0 radical (unpaired) electrons. The van der Waals surface area contributed by atoms with E-state index in [4.69, 9.17) is 5.73 Å². The average Bonchev–Trinajstić information content (AvgIpc) is 2.76. The highest BCUT2D eigenvalue weighted by Crippen LogP contribution is 2.19. The third-order valence-electron chi connectivity index (χ3n) is 2.93. The van der Waals surface area contributed by atoms with Gasteiger partial charge in [0.2, 0.25) is 0 Å². The summed E-state index contributed by atoms with van der Waals surface area (Å²) in [6.45, 7) is 3.12. The van der Waals surface area contributed by atoms with Crippen molar-refractivity contribution >= 4 is 11.5 Å². The Labute approximate surface area is 101 Å². The molecule has 0 bridgehead atoms. The number of aromatic amines is 1. The Kier molecular flexibility index (Phi) is 3.65. The van der Waals surface area contributed by atoms with Crippen LogP contribution >= 0.6 is 0 Å². The zero-order chi connectivity index (χ0) is 12.1. The zero-order valence-electron chi connectivity index (χ0n) is 9.98. The second kappa shape index (κ2) is 5.39. The molecule has 2 rings (SSSR count). The highest BCUT2D eigenvalue weighted by molar-refractivity contribution is 5.59. The van der Waals surface area contributed by atoms with Crippen LogP contribution in [0.15, 0.2) is 36.5 Å². The van der Waals surface area contributed by atoms with Crippen LogP contribution in [0.3, 0.4) is 0 Å². The van der Waals surface area contributed by atoms with Crippen LogP contribution in [0.1, 0.15) is 24.8 Å². The van der Waals surface area contributed by atoms with Gasteiger partial charge < -0.3 is 11.1 Å². The smallest absolute Gasteiger partial charge is 0.142 e. The van der Waals surface area contributed by atoms with E-state index in [2.05, 4.69) is 46.7 Å². The lowest BCUT2D eigenvalue weighted by molar-refractivity contribution is 0.706. The first-order valence-corrected chi connectivity index (χ1v) is 5.85. The molecule has 0 saturated carbocycles. The molecule has 4 nitrogen and oxygen atoms in total. The SMILES string of the molecule is CC(CCNc1cn[nH]c1N)c1ccccc1. The molecule has 2 aromatic rings. The number of nitrogens with one attached hydrogen (secondary N) is 2. The van der Waals surface area contributed by atoms with Gasteiger partial charge >= 0.3 is 0 Å². The molecular formula is C13H18N4. The van der Waals surface area contributed by atoms with Crippen molar-refractivity contribution in [2.75, 3.05) is 17.6 Å². The van der Waals surface area contributed by atoms with Crippen LogP contribution in [0, 0.1) is 0 Å². The minimum atomic E-state index is 0.539. The minimum absolute atomic E-state index is 0.539. The zero-order valence-corrected chi connectivity index (χ0v) is 9.98. The van der Waals surface area contributed by atoms with Crippen molar-refractivity contribution < 1.29 is 0 Å². The first-order chi connectivity index (χ1) is 8.27. The summed E-state index contributed by atoms with van der Waals surface area (Å²) >= 11 is 0. The van der Waals surface area contributed by atoms with Gasteiger partial charge in [0.25, 0.3) is 0 Å². The number of H-pyrrole nitrogens is 1. The Bertz CT molecular complexity index is 449. The quantitative estimate of drug-likeness (QED) is 0.739. The maximum absolute atomic E-state index is 5.69. The van der Waals surface area contributed by atoms with Crippen LogP contribution in [0.2, 0.25) is 0 Å². The first kappa shape index (κ1) is 11.5. The fourth-order valence-corrected chi connectivity index (χ4v) is 1.81. The maximum Gasteiger partial charge on any atom is 0.142 e. The average molecular weight is 230 g/mol. The summed E-state index contributed by atoms with van der Waals surface area (Å²) in [5.74, 6) is 1.13. The lowest BCUT2D eigenvalue weighted by atomic mass is 9.98. The van der Waals surface area contributed by atoms with Crippen molar-refractivity contribution in [3.05, 3.63) is 42.1 Å². The van der Waals surface area contributed by atoms with Gasteiger partial charge in [0, 0.05) is 6.54 Å². The van der Waals surface area contributed by atoms with Gasteiger partial charge in [-0.05, 0) is 17.9 Å². The van der Waals surface area contributed by atoms with E-state index in [0.29, 0.717) is 11.7 Å². The first-order valence-electron chi connectivity index (χ1n) is 5.85. The lowest BCUT2D eigenvalue weighted by Crippen LogP contribution is -2.06. The Morgan fingerprint density at radius 3 is 2.76 bits per heavy atom. The van der Waals surface area contributed by atoms with Crippen molar-refractivity contribution in [3.63, 3.8) is 0 Å². The molecule has 1 aromatic carbocycles. The number of nitrogen functional groups attached to an aromatic ring is 1. The van der Waals surface area contributed by atoms with E-state index in [1.54, 1.807) is 6.20 Å². The lowest BCUT2D eigenvalue weighted by Gasteiger charge is -2.12. The molecule has 1 atom stereocenters. The van der Waals surface area contributed by atoms with Crippen molar-refractivity contribution in [1.82, 2.24) is 10.2 Å². The van der Waals surface area contributed by atoms with Crippen LogP contribution in [-0.2, 0) is 0 Å². The predicted octanol–water partition coefficient (Wildman–Crippen LogP) is 2.60. The minimum Gasteiger partial charge on any atom is -0.382 e. The summed E-state index contributed by atoms with van der Waals surface area (Å²) in [6.07, 6.45) is 2.77. The van der Waals surface area contributed by atoms with E-state index in [-0.39, 0.29) is 0 Å². The second-order valence-corrected chi connectivity index (χ2v) is 4.22. The fraction of sp³-hybridized carbons (Fsp3) is 0.308. The van der Waals surface area contributed by atoms with Gasteiger partial charge in [-0.3, -0.25) is 5.10 Å². The van der Waals surface area contributed by atoms with Crippen LogP contribution in [0.25, 0.3) is 0 Å². The van der Waals surface area contributed by atoms with Crippen molar-refractivity contribution in [1.29, 1.82) is 0 Å². The second-order valence-electron chi connectivity index (χ2n) is 4.22. The molecule has 1 unspecified atom stereocenters. The van der Waals surface area contributed by atoms with Gasteiger partial charge in [-0.25, -0.2) is 0 Å². The van der Waals surface area contributed by atoms with Gasteiger partial charge in [-0.15, -0.1) is 0 Å². The summed E-state index contributed by atoms with van der Waals surface area (Å²) in [7, 11) is 0. The van der Waals surface area contributed by atoms with Crippen LogP contribution in [-0.4, -0.2) is 16.7 Å². The van der Waals surface area contributed by atoms with Gasteiger partial charge in [0.05, 0.1) is 11.9 Å². The molecule has 1 heterocycles. The van der Waals surface area contributed by atoms with Crippen LogP contribution in [0.4, 0.5) is 11.5 Å². The number of nitrogens with zero attached hydrogens (tertiary/aromatic N) is 1. The Morgan fingerprint density at radius 2 is 2.12 bits per heavy atom. The van der Waals surface area contributed by atoms with Crippen molar-refractivity contribution in [2.45, 2.75) is 19.3 Å². The van der Waals surface area contributed by atoms with Gasteiger partial charge in [-0.1, -0.05) is 37.3 Å². The van der Waals surface area contributed by atoms with E-state index < -0.39 is 0 Å². The molecule has 0 aliphatic heterocycles. The van der Waals surface area contributed by atoms with E-state index in [0.717, 1.165) is 18.7 Å². The Balaban J connectivity index is 1.81. The number of benzene rings is 1. The molecule has 17 heavy (non-hydrogen) atoms. The molecule has 0 spiro atoms. The van der Waals surface area contributed by atoms with E-state index >= 15 is 0 Å². The molecule has 1 aromatic heterocycles. The molecule has 0 saturated heterocycles. The fourth-order valence-electron chi connectivity index (χ4n) is 1.81. The summed E-state index contributed by atoms with van der Waals surface area (Å²) in [4.78, 5) is 0. The van der Waals surface area contributed by atoms with E-state index in [1.807, 2.05) is 6.07 Å². The molecule has 0 aliphatic rings. The summed E-state index contributed by atoms with van der Waals surface area (Å²) in [5, 5.41) is 9.84. The van der Waals surface area contributed by atoms with Gasteiger partial charge in [0.1, 0.15) is 5.82 Å². The van der Waals surface area contributed by atoms with E-state index in [1.165, 1.54) is 5.56 Å². The molecule has 4 heteroatoms. The normalized spacial score (nSPS) is 12.3. The largest absolute Gasteiger partial charge is 0.382 e. The number of hydrogen-bond donors (Lipinski definition) is 3. The Hall–Kier alpha value is -1.97. The predicted molar refractivity (Wildman–Crippen MR) is 71.0 cm³/mol. The van der Waals surface area contributed by atoms with Crippen molar-refractivity contribution in [3.8, 4) is 0 Å². The molecule has 90 valence electrons. The van der Waals surface area contributed by atoms with Crippen molar-refractivity contribution in [2.24, 2.45) is 0 Å². The summed E-state index contributed by atoms with van der Waals surface area (Å²) in [6, 6.07) is 10.5. The van der Waals surface area contributed by atoms with Gasteiger partial charge in [-0.2, -0.15) is 5.10 Å². The summed E-state index contributed by atoms with van der Waals surface area (Å²) in [5.41, 5.74) is 7.94. The molecule has 4 N–H and O–H groups in total. The Morgan fingerprint density at radius 1 is 1.35 bits per heavy atom. The molecule has 0 amide bonds. The van der Waals surface area contributed by atoms with Crippen LogP contribution in [0.5, 0.6) is 0 Å². The third kappa shape index (κ3) is 3.00. The van der Waals surface area contributed by atoms with E-state index in [9.17, 15) is 0 Å². The standard InChI is InChI=1S/C13H18N4/c1-10(11-5-3-2-4-6-11)7-8-15-12-9-16-17-13(12)14/h2-6,9-10,15H,7-8H2,1H3,(H3,14,16,17). The maximum atomic E-state index is 5.69.